The number of esters is 2. The van der Waals surface area contributed by atoms with Gasteiger partial charge in [-0.05, 0) is 46.0 Å². The number of carbonyl (C=O) groups excluding carboxylic acids is 2. The lowest BCUT2D eigenvalue weighted by atomic mass is 10.0. The van der Waals surface area contributed by atoms with Gasteiger partial charge in [0.25, 0.3) is 0 Å². The van der Waals surface area contributed by atoms with Crippen LogP contribution in [0.2, 0.25) is 0 Å². The molecule has 0 aromatic heterocycles. The molecule has 126 valence electrons. The SMILES string of the molecule is C=C(C)C(=O)OCC(C)CCCCCC(C)OC(=O)C(=C)C. The first-order valence-electron chi connectivity index (χ1n) is 7.93. The summed E-state index contributed by atoms with van der Waals surface area (Å²) in [6.07, 6.45) is 4.98. The van der Waals surface area contributed by atoms with E-state index in [0.717, 1.165) is 32.1 Å². The van der Waals surface area contributed by atoms with Gasteiger partial charge < -0.3 is 9.47 Å². The molecule has 0 aliphatic rings. The smallest absolute Gasteiger partial charge is 0.333 e. The van der Waals surface area contributed by atoms with Crippen molar-refractivity contribution in [2.24, 2.45) is 5.92 Å². The van der Waals surface area contributed by atoms with Gasteiger partial charge in [-0.25, -0.2) is 9.59 Å². The summed E-state index contributed by atoms with van der Waals surface area (Å²) in [5.74, 6) is -0.289. The van der Waals surface area contributed by atoms with Crippen molar-refractivity contribution in [1.82, 2.24) is 0 Å². The van der Waals surface area contributed by atoms with Crippen molar-refractivity contribution in [1.29, 1.82) is 0 Å². The molecular formula is C18H30O4. The van der Waals surface area contributed by atoms with Gasteiger partial charge in [-0.15, -0.1) is 0 Å². The molecule has 0 N–H and O–H groups in total. The Balaban J connectivity index is 3.64. The molecule has 0 aliphatic heterocycles. The summed E-state index contributed by atoms with van der Waals surface area (Å²) in [5, 5.41) is 0. The summed E-state index contributed by atoms with van der Waals surface area (Å²) in [4.78, 5) is 22.6. The van der Waals surface area contributed by atoms with Crippen LogP contribution >= 0.6 is 0 Å². The average molecular weight is 310 g/mol. The van der Waals surface area contributed by atoms with Gasteiger partial charge in [0.05, 0.1) is 12.7 Å². The minimum Gasteiger partial charge on any atom is -0.462 e. The monoisotopic (exact) mass is 310 g/mol. The summed E-state index contributed by atoms with van der Waals surface area (Å²) in [6, 6.07) is 0. The molecule has 0 spiro atoms. The Morgan fingerprint density at radius 2 is 1.45 bits per heavy atom. The molecule has 2 unspecified atom stereocenters. The molecule has 0 aliphatic carbocycles. The van der Waals surface area contributed by atoms with Crippen molar-refractivity contribution in [2.45, 2.75) is 65.9 Å². The van der Waals surface area contributed by atoms with Gasteiger partial charge in [0, 0.05) is 11.1 Å². The minimum atomic E-state index is -0.319. The van der Waals surface area contributed by atoms with Gasteiger partial charge in [-0.2, -0.15) is 0 Å². The predicted octanol–water partition coefficient (Wildman–Crippen LogP) is 4.20. The molecule has 0 rings (SSSR count). The van der Waals surface area contributed by atoms with Crippen LogP contribution in [0.5, 0.6) is 0 Å². The van der Waals surface area contributed by atoms with Crippen LogP contribution in [0.1, 0.15) is 59.8 Å². The van der Waals surface area contributed by atoms with Crippen LogP contribution in [-0.2, 0) is 19.1 Å². The zero-order chi connectivity index (χ0) is 17.1. The van der Waals surface area contributed by atoms with E-state index in [0.29, 0.717) is 23.7 Å². The highest BCUT2D eigenvalue weighted by Crippen LogP contribution is 2.13. The van der Waals surface area contributed by atoms with Crippen LogP contribution in [0.3, 0.4) is 0 Å². The third-order valence-corrected chi connectivity index (χ3v) is 3.31. The fourth-order valence-corrected chi connectivity index (χ4v) is 1.87. The van der Waals surface area contributed by atoms with E-state index in [2.05, 4.69) is 20.1 Å². The van der Waals surface area contributed by atoms with E-state index in [4.69, 9.17) is 9.47 Å². The number of rotatable bonds is 11. The lowest BCUT2D eigenvalue weighted by molar-refractivity contribution is -0.143. The first-order valence-corrected chi connectivity index (χ1v) is 7.93. The molecule has 2 atom stereocenters. The molecule has 22 heavy (non-hydrogen) atoms. The van der Waals surface area contributed by atoms with Crippen LogP contribution in [-0.4, -0.2) is 24.6 Å². The topological polar surface area (TPSA) is 52.6 Å². The van der Waals surface area contributed by atoms with Crippen molar-refractivity contribution in [2.75, 3.05) is 6.61 Å². The van der Waals surface area contributed by atoms with Crippen LogP contribution in [0, 0.1) is 5.92 Å². The Morgan fingerprint density at radius 1 is 0.909 bits per heavy atom. The summed E-state index contributed by atoms with van der Waals surface area (Å²) in [6.45, 7) is 14.8. The molecule has 4 heteroatoms. The van der Waals surface area contributed by atoms with E-state index in [1.807, 2.05) is 6.92 Å². The van der Waals surface area contributed by atoms with Crippen molar-refractivity contribution in [3.63, 3.8) is 0 Å². The van der Waals surface area contributed by atoms with E-state index in [9.17, 15) is 9.59 Å². The molecular weight excluding hydrogens is 280 g/mol. The zero-order valence-electron chi connectivity index (χ0n) is 14.4. The third-order valence-electron chi connectivity index (χ3n) is 3.31. The highest BCUT2D eigenvalue weighted by atomic mass is 16.5. The number of carbonyl (C=O) groups is 2. The van der Waals surface area contributed by atoms with Gasteiger partial charge in [0.15, 0.2) is 0 Å². The molecule has 0 aromatic rings. The lowest BCUT2D eigenvalue weighted by Crippen LogP contribution is -2.15. The van der Waals surface area contributed by atoms with Crippen LogP contribution in [0.15, 0.2) is 24.3 Å². The van der Waals surface area contributed by atoms with Crippen molar-refractivity contribution in [3.8, 4) is 0 Å². The third kappa shape index (κ3) is 10.2. The zero-order valence-corrected chi connectivity index (χ0v) is 14.4. The van der Waals surface area contributed by atoms with Crippen LogP contribution in [0.25, 0.3) is 0 Å². The lowest BCUT2D eigenvalue weighted by Gasteiger charge is -2.14. The van der Waals surface area contributed by atoms with Gasteiger partial charge in [-0.1, -0.05) is 32.9 Å². The Kier molecular flexibility index (Phi) is 10.3. The van der Waals surface area contributed by atoms with Crippen molar-refractivity contribution in [3.05, 3.63) is 24.3 Å². The molecule has 4 nitrogen and oxygen atoms in total. The van der Waals surface area contributed by atoms with Gasteiger partial charge in [0.1, 0.15) is 0 Å². The fraction of sp³-hybridized carbons (Fsp3) is 0.667. The first-order chi connectivity index (χ1) is 10.2. The Labute approximate surface area is 134 Å². The number of hydrogen-bond donors (Lipinski definition) is 0. The molecule has 0 fully saturated rings. The molecule has 0 amide bonds. The van der Waals surface area contributed by atoms with Crippen molar-refractivity contribution >= 4 is 11.9 Å². The highest BCUT2D eigenvalue weighted by molar-refractivity contribution is 5.87. The van der Waals surface area contributed by atoms with Crippen molar-refractivity contribution < 1.29 is 19.1 Å². The van der Waals surface area contributed by atoms with Gasteiger partial charge in [0.2, 0.25) is 0 Å². The van der Waals surface area contributed by atoms with Gasteiger partial charge >= 0.3 is 11.9 Å². The highest BCUT2D eigenvalue weighted by Gasteiger charge is 2.10. The molecule has 0 saturated heterocycles. The van der Waals surface area contributed by atoms with E-state index < -0.39 is 0 Å². The number of ether oxygens (including phenoxy) is 2. The standard InChI is InChI=1S/C18H30O4/c1-13(2)17(19)21-12-15(5)10-8-7-9-11-16(6)22-18(20)14(3)4/h15-16H,1,3,7-12H2,2,4-6H3. The summed E-state index contributed by atoms with van der Waals surface area (Å²) in [7, 11) is 0. The normalized spacial score (nSPS) is 13.1. The average Bonchev–Trinajstić information content (AvgIpc) is 2.43. The maximum atomic E-state index is 11.3. The molecule has 0 radical (unpaired) electrons. The Bertz CT molecular complexity index is 398. The second-order valence-electron chi connectivity index (χ2n) is 6.12. The largest absolute Gasteiger partial charge is 0.462 e. The van der Waals surface area contributed by atoms with E-state index >= 15 is 0 Å². The number of unbranched alkanes of at least 4 members (excludes halogenated alkanes) is 2. The molecule has 0 heterocycles. The predicted molar refractivity (Wildman–Crippen MR) is 88.4 cm³/mol. The van der Waals surface area contributed by atoms with E-state index in [1.165, 1.54) is 0 Å². The Hall–Kier alpha value is -1.58. The maximum absolute atomic E-state index is 11.3. The second-order valence-corrected chi connectivity index (χ2v) is 6.12. The summed E-state index contributed by atoms with van der Waals surface area (Å²) < 4.78 is 10.3. The molecule has 0 aromatic carbocycles. The van der Waals surface area contributed by atoms with E-state index in [-0.39, 0.29) is 18.0 Å². The molecule has 0 bridgehead atoms. The van der Waals surface area contributed by atoms with Crippen LogP contribution < -0.4 is 0 Å². The van der Waals surface area contributed by atoms with E-state index in [1.54, 1.807) is 13.8 Å². The van der Waals surface area contributed by atoms with Gasteiger partial charge in [-0.3, -0.25) is 0 Å². The maximum Gasteiger partial charge on any atom is 0.333 e. The molecule has 0 saturated carbocycles. The quantitative estimate of drug-likeness (QED) is 0.326. The fourth-order valence-electron chi connectivity index (χ4n) is 1.87. The Morgan fingerprint density at radius 3 is 2.00 bits per heavy atom. The number of hydrogen-bond acceptors (Lipinski definition) is 4. The minimum absolute atomic E-state index is 0.0712. The summed E-state index contributed by atoms with van der Waals surface area (Å²) in [5.41, 5.74) is 0.871. The first kappa shape index (κ1) is 20.4. The second kappa shape index (κ2) is 11.0. The van der Waals surface area contributed by atoms with Crippen LogP contribution in [0.4, 0.5) is 0 Å². The summed E-state index contributed by atoms with van der Waals surface area (Å²) >= 11 is 0.